The van der Waals surface area contributed by atoms with E-state index in [1.165, 1.54) is 0 Å². The molecule has 0 radical (unpaired) electrons. The minimum Gasteiger partial charge on any atom is -0.381 e. The first kappa shape index (κ1) is 19.9. The predicted molar refractivity (Wildman–Crippen MR) is 117 cm³/mol. The Morgan fingerprint density at radius 2 is 1.87 bits per heavy atom. The van der Waals surface area contributed by atoms with Crippen LogP contribution in [0.25, 0.3) is 5.65 Å². The van der Waals surface area contributed by atoms with Crippen LogP contribution < -0.4 is 10.2 Å². The van der Waals surface area contributed by atoms with Gasteiger partial charge in [0.2, 0.25) is 11.6 Å². The number of anilines is 1. The first-order valence-electron chi connectivity index (χ1n) is 11.0. The van der Waals surface area contributed by atoms with Gasteiger partial charge >= 0.3 is 0 Å². The molecule has 1 aromatic carbocycles. The number of benzene rings is 1. The van der Waals surface area contributed by atoms with Gasteiger partial charge in [0.05, 0.1) is 5.41 Å². The molecule has 1 amide bonds. The minimum absolute atomic E-state index is 0.133. The van der Waals surface area contributed by atoms with Crippen molar-refractivity contribution in [1.29, 1.82) is 0 Å². The van der Waals surface area contributed by atoms with E-state index in [9.17, 15) is 4.79 Å². The summed E-state index contributed by atoms with van der Waals surface area (Å²) in [5.74, 6) is 1.84. The van der Waals surface area contributed by atoms with Gasteiger partial charge in [0.15, 0.2) is 5.82 Å². The van der Waals surface area contributed by atoms with Gasteiger partial charge in [-0.3, -0.25) is 9.20 Å². The first-order chi connectivity index (χ1) is 15.2. The number of aryl methyl sites for hydroxylation is 1. The molecule has 2 aliphatic heterocycles. The van der Waals surface area contributed by atoms with Crippen LogP contribution in [-0.2, 0) is 14.9 Å². The Kier molecular flexibility index (Phi) is 5.31. The minimum atomic E-state index is -0.497. The van der Waals surface area contributed by atoms with Crippen molar-refractivity contribution in [3.05, 3.63) is 54.1 Å². The van der Waals surface area contributed by atoms with Crippen LogP contribution in [0, 0.1) is 6.92 Å². The lowest BCUT2D eigenvalue weighted by Gasteiger charge is -2.39. The molecular weight excluding hydrogens is 392 g/mol. The summed E-state index contributed by atoms with van der Waals surface area (Å²) in [5, 5.41) is 11.8. The number of carbonyl (C=O) groups is 1. The van der Waals surface area contributed by atoms with E-state index in [-0.39, 0.29) is 11.9 Å². The lowest BCUT2D eigenvalue weighted by atomic mass is 9.73. The molecule has 31 heavy (non-hydrogen) atoms. The third kappa shape index (κ3) is 3.65. The van der Waals surface area contributed by atoms with Gasteiger partial charge in [0.1, 0.15) is 5.82 Å². The van der Waals surface area contributed by atoms with Crippen LogP contribution >= 0.6 is 0 Å². The monoisotopic (exact) mass is 420 g/mol. The first-order valence-corrected chi connectivity index (χ1v) is 11.0. The second kappa shape index (κ2) is 8.26. The highest BCUT2D eigenvalue weighted by atomic mass is 16.5. The third-order valence-electron chi connectivity index (χ3n) is 6.72. The zero-order chi connectivity index (χ0) is 21.3. The van der Waals surface area contributed by atoms with Crippen LogP contribution in [0.2, 0.25) is 0 Å². The Hall–Kier alpha value is -3.00. The summed E-state index contributed by atoms with van der Waals surface area (Å²) < 4.78 is 7.54. The summed E-state index contributed by atoms with van der Waals surface area (Å²) in [7, 11) is 0. The SMILES string of the molecule is Cc1nnc2c(N3CCC(NC(=O)C4(c5ccccc5)CCOCC4)CC3)nccn12. The molecule has 5 rings (SSSR count). The maximum Gasteiger partial charge on any atom is 0.231 e. The molecule has 0 unspecified atom stereocenters. The van der Waals surface area contributed by atoms with Gasteiger partial charge in [-0.1, -0.05) is 30.3 Å². The number of carbonyl (C=O) groups excluding carboxylic acids is 1. The highest BCUT2D eigenvalue weighted by molar-refractivity contribution is 5.88. The standard InChI is InChI=1S/C23H28N6O2/c1-17-26-27-21-20(24-11-14-29(17)21)28-12-7-19(8-13-28)25-22(30)23(9-15-31-16-10-23)18-5-3-2-4-6-18/h2-6,11,14,19H,7-10,12-13,15-16H2,1H3,(H,25,30). The average molecular weight is 421 g/mol. The van der Waals surface area contributed by atoms with Crippen LogP contribution in [0.3, 0.4) is 0 Å². The molecule has 2 aliphatic rings. The number of nitrogens with one attached hydrogen (secondary N) is 1. The van der Waals surface area contributed by atoms with E-state index in [1.54, 1.807) is 6.20 Å². The van der Waals surface area contributed by atoms with Crippen molar-refractivity contribution in [3.63, 3.8) is 0 Å². The largest absolute Gasteiger partial charge is 0.381 e. The maximum absolute atomic E-state index is 13.5. The van der Waals surface area contributed by atoms with Gasteiger partial charge in [0.25, 0.3) is 0 Å². The lowest BCUT2D eigenvalue weighted by molar-refractivity contribution is -0.131. The van der Waals surface area contributed by atoms with E-state index >= 15 is 0 Å². The van der Waals surface area contributed by atoms with Gasteiger partial charge in [-0.25, -0.2) is 4.98 Å². The fourth-order valence-electron chi connectivity index (χ4n) is 4.83. The molecule has 2 saturated heterocycles. The van der Waals surface area contributed by atoms with E-state index in [1.807, 2.05) is 35.7 Å². The molecule has 0 saturated carbocycles. The van der Waals surface area contributed by atoms with Crippen LogP contribution in [0.1, 0.15) is 37.1 Å². The smallest absolute Gasteiger partial charge is 0.231 e. The molecule has 8 nitrogen and oxygen atoms in total. The molecule has 2 aromatic heterocycles. The summed E-state index contributed by atoms with van der Waals surface area (Å²) in [5.41, 5.74) is 1.38. The zero-order valence-electron chi connectivity index (χ0n) is 17.8. The average Bonchev–Trinajstić information content (AvgIpc) is 3.21. The number of amides is 1. The number of fused-ring (bicyclic) bond motifs is 1. The van der Waals surface area contributed by atoms with E-state index in [0.717, 1.165) is 61.6 Å². The normalized spacial score (nSPS) is 19.5. The molecule has 0 bridgehead atoms. The summed E-state index contributed by atoms with van der Waals surface area (Å²) in [6.07, 6.45) is 6.88. The van der Waals surface area contributed by atoms with Gasteiger partial charge in [0, 0.05) is 44.7 Å². The van der Waals surface area contributed by atoms with Gasteiger partial charge in [-0.2, -0.15) is 0 Å². The Morgan fingerprint density at radius 3 is 2.61 bits per heavy atom. The third-order valence-corrected chi connectivity index (χ3v) is 6.72. The van der Waals surface area contributed by atoms with Crippen molar-refractivity contribution < 1.29 is 9.53 Å². The quantitative estimate of drug-likeness (QED) is 0.697. The van der Waals surface area contributed by atoms with E-state index in [4.69, 9.17) is 4.74 Å². The molecule has 2 fully saturated rings. The highest BCUT2D eigenvalue weighted by Gasteiger charge is 2.42. The predicted octanol–water partition coefficient (Wildman–Crippen LogP) is 2.27. The molecule has 0 spiro atoms. The summed E-state index contributed by atoms with van der Waals surface area (Å²) in [6.45, 7) is 4.82. The molecule has 0 aliphatic carbocycles. The number of hydrogen-bond donors (Lipinski definition) is 1. The fraction of sp³-hybridized carbons (Fsp3) is 0.478. The molecule has 1 N–H and O–H groups in total. The summed E-state index contributed by atoms with van der Waals surface area (Å²) >= 11 is 0. The Balaban J connectivity index is 1.28. The van der Waals surface area contributed by atoms with Crippen LogP contribution in [-0.4, -0.2) is 57.8 Å². The Bertz CT molecular complexity index is 1050. The number of hydrogen-bond acceptors (Lipinski definition) is 6. The molecule has 0 atom stereocenters. The van der Waals surface area contributed by atoms with Gasteiger partial charge in [-0.15, -0.1) is 10.2 Å². The van der Waals surface area contributed by atoms with Crippen molar-refractivity contribution in [3.8, 4) is 0 Å². The summed E-state index contributed by atoms with van der Waals surface area (Å²) in [6, 6.07) is 10.3. The Morgan fingerprint density at radius 1 is 1.13 bits per heavy atom. The number of nitrogens with zero attached hydrogens (tertiary/aromatic N) is 5. The number of ether oxygens (including phenoxy) is 1. The lowest BCUT2D eigenvalue weighted by Crippen LogP contribution is -2.53. The van der Waals surface area contributed by atoms with Crippen molar-refractivity contribution in [1.82, 2.24) is 24.9 Å². The fourth-order valence-corrected chi connectivity index (χ4v) is 4.83. The zero-order valence-corrected chi connectivity index (χ0v) is 17.8. The van der Waals surface area contributed by atoms with Crippen LogP contribution in [0.4, 0.5) is 5.82 Å². The molecule has 162 valence electrons. The van der Waals surface area contributed by atoms with Crippen molar-refractivity contribution in [2.45, 2.75) is 44.1 Å². The van der Waals surface area contributed by atoms with Crippen LogP contribution in [0.5, 0.6) is 0 Å². The number of piperidine rings is 1. The van der Waals surface area contributed by atoms with Gasteiger partial charge in [-0.05, 0) is 38.2 Å². The molecular formula is C23H28N6O2. The highest BCUT2D eigenvalue weighted by Crippen LogP contribution is 2.35. The molecule has 4 heterocycles. The summed E-state index contributed by atoms with van der Waals surface area (Å²) in [4.78, 5) is 20.3. The van der Waals surface area contributed by atoms with Crippen LogP contribution in [0.15, 0.2) is 42.7 Å². The van der Waals surface area contributed by atoms with E-state index < -0.39 is 5.41 Å². The maximum atomic E-state index is 13.5. The topological polar surface area (TPSA) is 84.7 Å². The molecule has 8 heteroatoms. The Labute approximate surface area is 181 Å². The van der Waals surface area contributed by atoms with E-state index in [0.29, 0.717) is 13.2 Å². The second-order valence-electron chi connectivity index (χ2n) is 8.49. The van der Waals surface area contributed by atoms with Crippen molar-refractivity contribution in [2.75, 3.05) is 31.2 Å². The molecule has 3 aromatic rings. The number of aromatic nitrogens is 4. The second-order valence-corrected chi connectivity index (χ2v) is 8.49. The van der Waals surface area contributed by atoms with Crippen molar-refractivity contribution >= 4 is 17.4 Å². The number of rotatable bonds is 4. The van der Waals surface area contributed by atoms with Gasteiger partial charge < -0.3 is 15.0 Å². The van der Waals surface area contributed by atoms with E-state index in [2.05, 4.69) is 37.5 Å². The van der Waals surface area contributed by atoms with Crippen molar-refractivity contribution in [2.24, 2.45) is 0 Å².